The van der Waals surface area contributed by atoms with Crippen molar-refractivity contribution in [2.24, 2.45) is 0 Å². The number of nitrogens with zero attached hydrogens (tertiary/aromatic N) is 1. The molecule has 0 aliphatic carbocycles. The summed E-state index contributed by atoms with van der Waals surface area (Å²) in [5.41, 5.74) is 1.18. The molecule has 0 aliphatic heterocycles. The van der Waals surface area contributed by atoms with Gasteiger partial charge in [0.15, 0.2) is 0 Å². The standard InChI is InChI=1S/C10H8N/c1-8-6-11-7-9-4-2-3-5-10(8)9/h2-4,6-7H,1H3. The predicted molar refractivity (Wildman–Crippen MR) is 45.3 cm³/mol. The Bertz CT molecular complexity index is 374. The summed E-state index contributed by atoms with van der Waals surface area (Å²) in [6.07, 6.45) is 3.72. The molecule has 0 atom stereocenters. The fourth-order valence-electron chi connectivity index (χ4n) is 1.19. The number of hydrogen-bond acceptors (Lipinski definition) is 1. The van der Waals surface area contributed by atoms with Crippen LogP contribution in [0.4, 0.5) is 0 Å². The Morgan fingerprint density at radius 3 is 3.09 bits per heavy atom. The first kappa shape index (κ1) is 6.35. The molecule has 1 nitrogen and oxygen atoms in total. The van der Waals surface area contributed by atoms with E-state index in [1.807, 2.05) is 37.5 Å². The molecule has 0 N–H and O–H groups in total. The van der Waals surface area contributed by atoms with Crippen molar-refractivity contribution in [1.29, 1.82) is 0 Å². The fraction of sp³-hybridized carbons (Fsp3) is 0.100. The van der Waals surface area contributed by atoms with Gasteiger partial charge in [0.25, 0.3) is 0 Å². The van der Waals surface area contributed by atoms with Crippen LogP contribution < -0.4 is 0 Å². The molecule has 0 saturated carbocycles. The average Bonchev–Trinajstić information content (AvgIpc) is 2.06. The molecule has 2 aromatic rings. The van der Waals surface area contributed by atoms with Crippen LogP contribution >= 0.6 is 0 Å². The minimum atomic E-state index is 1.16. The van der Waals surface area contributed by atoms with Gasteiger partial charge in [-0.1, -0.05) is 18.2 Å². The second kappa shape index (κ2) is 2.35. The summed E-state index contributed by atoms with van der Waals surface area (Å²) in [5, 5.41) is 2.33. The van der Waals surface area contributed by atoms with Crippen molar-refractivity contribution in [1.82, 2.24) is 4.98 Å². The lowest BCUT2D eigenvalue weighted by atomic mass is 10.1. The number of aryl methyl sites for hydroxylation is 1. The van der Waals surface area contributed by atoms with Gasteiger partial charge < -0.3 is 0 Å². The summed E-state index contributed by atoms with van der Waals surface area (Å²) in [7, 11) is 0. The lowest BCUT2D eigenvalue weighted by molar-refractivity contribution is 1.31. The first-order chi connectivity index (χ1) is 5.38. The third kappa shape index (κ3) is 0.984. The maximum absolute atomic E-state index is 4.09. The van der Waals surface area contributed by atoms with Crippen molar-refractivity contribution in [2.75, 3.05) is 0 Å². The zero-order chi connectivity index (χ0) is 7.68. The van der Waals surface area contributed by atoms with E-state index in [9.17, 15) is 0 Å². The van der Waals surface area contributed by atoms with Crippen LogP contribution in [0.5, 0.6) is 0 Å². The second-order valence-electron chi connectivity index (χ2n) is 2.59. The van der Waals surface area contributed by atoms with Gasteiger partial charge in [-0.15, -0.1) is 0 Å². The summed E-state index contributed by atoms with van der Waals surface area (Å²) in [6.45, 7) is 2.05. The highest BCUT2D eigenvalue weighted by molar-refractivity contribution is 5.83. The molecule has 0 spiro atoms. The summed E-state index contributed by atoms with van der Waals surface area (Å²) >= 11 is 0. The lowest BCUT2D eigenvalue weighted by Crippen LogP contribution is -1.79. The topological polar surface area (TPSA) is 12.9 Å². The molecule has 1 radical (unpaired) electrons. The van der Waals surface area contributed by atoms with Crippen molar-refractivity contribution in [3.63, 3.8) is 0 Å². The molecule has 0 unspecified atom stereocenters. The van der Waals surface area contributed by atoms with E-state index in [-0.39, 0.29) is 0 Å². The van der Waals surface area contributed by atoms with Gasteiger partial charge in [0.2, 0.25) is 0 Å². The molecule has 0 bridgehead atoms. The zero-order valence-corrected chi connectivity index (χ0v) is 6.33. The normalized spacial score (nSPS) is 10.3. The van der Waals surface area contributed by atoms with Gasteiger partial charge in [0.1, 0.15) is 0 Å². The molecular weight excluding hydrogens is 134 g/mol. The Morgan fingerprint density at radius 2 is 2.27 bits per heavy atom. The third-order valence-corrected chi connectivity index (χ3v) is 1.76. The smallest absolute Gasteiger partial charge is 0.0346 e. The van der Waals surface area contributed by atoms with Crippen molar-refractivity contribution in [3.05, 3.63) is 42.2 Å². The summed E-state index contributed by atoms with van der Waals surface area (Å²) < 4.78 is 0. The monoisotopic (exact) mass is 142 g/mol. The second-order valence-corrected chi connectivity index (χ2v) is 2.59. The molecule has 1 heterocycles. The highest BCUT2D eigenvalue weighted by Gasteiger charge is 1.93. The SMILES string of the molecule is Cc1cncc2ccc[c]c12. The Balaban J connectivity index is 2.91. The van der Waals surface area contributed by atoms with E-state index in [0.717, 1.165) is 5.39 Å². The fourth-order valence-corrected chi connectivity index (χ4v) is 1.19. The number of rotatable bonds is 0. The number of hydrogen-bond donors (Lipinski definition) is 0. The molecule has 11 heavy (non-hydrogen) atoms. The third-order valence-electron chi connectivity index (χ3n) is 1.76. The van der Waals surface area contributed by atoms with Crippen molar-refractivity contribution >= 4 is 10.8 Å². The molecule has 0 aliphatic rings. The summed E-state index contributed by atoms with van der Waals surface area (Å²) in [4.78, 5) is 4.09. The molecule has 1 aromatic carbocycles. The largest absolute Gasteiger partial charge is 0.264 e. The summed E-state index contributed by atoms with van der Waals surface area (Å²) in [6, 6.07) is 9.13. The van der Waals surface area contributed by atoms with E-state index in [4.69, 9.17) is 0 Å². The van der Waals surface area contributed by atoms with Crippen molar-refractivity contribution in [3.8, 4) is 0 Å². The first-order valence-corrected chi connectivity index (χ1v) is 3.59. The maximum Gasteiger partial charge on any atom is 0.0346 e. The minimum absolute atomic E-state index is 1.16. The molecule has 1 aromatic heterocycles. The van der Waals surface area contributed by atoms with E-state index in [1.54, 1.807) is 0 Å². The van der Waals surface area contributed by atoms with Gasteiger partial charge in [-0.05, 0) is 23.9 Å². The molecule has 1 heteroatoms. The number of fused-ring (bicyclic) bond motifs is 1. The van der Waals surface area contributed by atoms with E-state index in [1.165, 1.54) is 10.9 Å². The lowest BCUT2D eigenvalue weighted by Gasteiger charge is -1.97. The van der Waals surface area contributed by atoms with Crippen LogP contribution in [0.3, 0.4) is 0 Å². The minimum Gasteiger partial charge on any atom is -0.264 e. The van der Waals surface area contributed by atoms with Crippen LogP contribution in [-0.4, -0.2) is 4.98 Å². The van der Waals surface area contributed by atoms with Gasteiger partial charge in [-0.25, -0.2) is 0 Å². The van der Waals surface area contributed by atoms with Crippen molar-refractivity contribution in [2.45, 2.75) is 6.92 Å². The van der Waals surface area contributed by atoms with Gasteiger partial charge >= 0.3 is 0 Å². The number of aromatic nitrogens is 1. The van der Waals surface area contributed by atoms with Crippen LogP contribution in [0.25, 0.3) is 10.8 Å². The average molecular weight is 142 g/mol. The molecule has 2 rings (SSSR count). The van der Waals surface area contributed by atoms with E-state index in [0.29, 0.717) is 0 Å². The van der Waals surface area contributed by atoms with E-state index in [2.05, 4.69) is 11.1 Å². The zero-order valence-electron chi connectivity index (χ0n) is 6.33. The molecule has 0 fully saturated rings. The van der Waals surface area contributed by atoms with Gasteiger partial charge in [-0.2, -0.15) is 0 Å². The van der Waals surface area contributed by atoms with E-state index < -0.39 is 0 Å². The van der Waals surface area contributed by atoms with Crippen LogP contribution in [0, 0.1) is 13.0 Å². The molecule has 0 amide bonds. The quantitative estimate of drug-likeness (QED) is 0.550. The highest BCUT2D eigenvalue weighted by Crippen LogP contribution is 2.14. The molecule has 53 valence electrons. The van der Waals surface area contributed by atoms with Crippen LogP contribution in [-0.2, 0) is 0 Å². The Kier molecular flexibility index (Phi) is 1.35. The molecular formula is C10H8N. The van der Waals surface area contributed by atoms with Crippen LogP contribution in [0.15, 0.2) is 30.6 Å². The highest BCUT2D eigenvalue weighted by atomic mass is 14.6. The van der Waals surface area contributed by atoms with E-state index >= 15 is 0 Å². The van der Waals surface area contributed by atoms with Crippen molar-refractivity contribution < 1.29 is 0 Å². The number of pyridine rings is 1. The van der Waals surface area contributed by atoms with Crippen LogP contribution in [0.1, 0.15) is 5.56 Å². The maximum atomic E-state index is 4.09. The first-order valence-electron chi connectivity index (χ1n) is 3.59. The Hall–Kier alpha value is -1.37. The Morgan fingerprint density at radius 1 is 1.36 bits per heavy atom. The molecule has 0 saturated heterocycles. The van der Waals surface area contributed by atoms with Crippen LogP contribution in [0.2, 0.25) is 0 Å². The Labute approximate surface area is 65.7 Å². The summed E-state index contributed by atoms with van der Waals surface area (Å²) in [5.74, 6) is 0. The predicted octanol–water partition coefficient (Wildman–Crippen LogP) is 2.34. The van der Waals surface area contributed by atoms with Gasteiger partial charge in [-0.3, -0.25) is 4.98 Å². The number of benzene rings is 1. The van der Waals surface area contributed by atoms with Gasteiger partial charge in [0, 0.05) is 17.8 Å². The van der Waals surface area contributed by atoms with Gasteiger partial charge in [0.05, 0.1) is 0 Å².